The Morgan fingerprint density at radius 3 is 2.42 bits per heavy atom. The van der Waals surface area contributed by atoms with Gasteiger partial charge in [0.25, 0.3) is 0 Å². The Bertz CT molecular complexity index is 1470. The van der Waals surface area contributed by atoms with Crippen LogP contribution in [0.1, 0.15) is 19.7 Å². The van der Waals surface area contributed by atoms with Crippen molar-refractivity contribution < 1.29 is 40.4 Å². The Labute approximate surface area is 184 Å². The minimum absolute atomic E-state index is 0.165. The smallest absolute Gasteiger partial charge is 0.471 e. The van der Waals surface area contributed by atoms with Crippen molar-refractivity contribution in [1.29, 1.82) is 0 Å². The van der Waals surface area contributed by atoms with Crippen LogP contribution in [0.5, 0.6) is 0 Å². The highest BCUT2D eigenvalue weighted by atomic mass is 32.2. The van der Waals surface area contributed by atoms with Crippen LogP contribution in [-0.4, -0.2) is 35.7 Å². The van der Waals surface area contributed by atoms with Gasteiger partial charge in [0, 0.05) is 16.3 Å². The maximum Gasteiger partial charge on any atom is 0.471 e. The molecule has 2 aromatic carbocycles. The minimum Gasteiger partial charge on any atom is -0.480 e. The topological polar surface area (TPSA) is 136 Å². The van der Waals surface area contributed by atoms with Gasteiger partial charge in [0.2, 0.25) is 15.8 Å². The number of nitrogens with one attached hydrogen (secondary N) is 1. The average Bonchev–Trinajstić information content (AvgIpc) is 3.35. The molecule has 4 aromatic rings. The van der Waals surface area contributed by atoms with Crippen LogP contribution in [-0.2, 0) is 21.0 Å². The number of sulfonamides is 1. The zero-order chi connectivity index (χ0) is 24.1. The zero-order valence-corrected chi connectivity index (χ0v) is 17.9. The molecule has 1 atom stereocenters. The predicted octanol–water partition coefficient (Wildman–Crippen LogP) is 4.04. The maximum absolute atomic E-state index is 12.8. The van der Waals surface area contributed by atoms with E-state index in [-0.39, 0.29) is 21.9 Å². The van der Waals surface area contributed by atoms with E-state index in [9.17, 15) is 31.5 Å². The van der Waals surface area contributed by atoms with Crippen molar-refractivity contribution in [3.05, 3.63) is 42.3 Å². The molecular formula is C20H16F3N3O6S. The number of aliphatic carboxylic acids is 1. The van der Waals surface area contributed by atoms with E-state index < -0.39 is 40.0 Å². The molecular weight excluding hydrogens is 467 g/mol. The van der Waals surface area contributed by atoms with Crippen molar-refractivity contribution in [2.75, 3.05) is 0 Å². The average molecular weight is 483 g/mol. The summed E-state index contributed by atoms with van der Waals surface area (Å²) in [6.45, 7) is 3.15. The second-order valence-electron chi connectivity index (χ2n) is 7.57. The lowest BCUT2D eigenvalue weighted by atomic mass is 10.1. The highest BCUT2D eigenvalue weighted by Gasteiger charge is 2.38. The Hall–Kier alpha value is -3.45. The van der Waals surface area contributed by atoms with Gasteiger partial charge in [0.05, 0.1) is 4.90 Å². The second kappa shape index (κ2) is 7.85. The number of furan rings is 1. The van der Waals surface area contributed by atoms with Crippen molar-refractivity contribution in [1.82, 2.24) is 14.9 Å². The molecule has 0 aliphatic heterocycles. The summed E-state index contributed by atoms with van der Waals surface area (Å²) in [6, 6.07) is 7.07. The van der Waals surface area contributed by atoms with Gasteiger partial charge in [-0.25, -0.2) is 8.42 Å². The molecule has 13 heteroatoms. The molecule has 0 saturated heterocycles. The van der Waals surface area contributed by atoms with Crippen LogP contribution < -0.4 is 4.72 Å². The van der Waals surface area contributed by atoms with Gasteiger partial charge in [-0.15, -0.1) is 0 Å². The fraction of sp³-hybridized carbons (Fsp3) is 0.250. The van der Waals surface area contributed by atoms with Gasteiger partial charge < -0.3 is 14.0 Å². The van der Waals surface area contributed by atoms with E-state index >= 15 is 0 Å². The number of carboxylic acids is 1. The molecule has 0 aliphatic carbocycles. The van der Waals surface area contributed by atoms with Gasteiger partial charge in [0.1, 0.15) is 17.2 Å². The molecule has 0 unspecified atom stereocenters. The standard InChI is InChI=1S/C20H16F3N3O6S/c1-9(2)16(18(27)28)26-33(29,30)11-4-6-14-13(8-11)12-5-3-10(7-15(12)31-14)17-24-19(32-25-17)20(21,22)23/h3-9,16,26H,1-2H3,(H,27,28)/t16-/m1/s1. The summed E-state index contributed by atoms with van der Waals surface area (Å²) < 4.78 is 75.8. The molecule has 0 bridgehead atoms. The van der Waals surface area contributed by atoms with Gasteiger partial charge in [-0.2, -0.15) is 22.9 Å². The number of benzene rings is 2. The first-order valence-corrected chi connectivity index (χ1v) is 11.0. The molecule has 2 aromatic heterocycles. The Morgan fingerprint density at radius 2 is 1.82 bits per heavy atom. The van der Waals surface area contributed by atoms with Crippen molar-refractivity contribution in [2.45, 2.75) is 31.0 Å². The van der Waals surface area contributed by atoms with Crippen LogP contribution in [0.3, 0.4) is 0 Å². The normalized spacial score (nSPS) is 13.8. The van der Waals surface area contributed by atoms with E-state index in [4.69, 9.17) is 4.42 Å². The maximum atomic E-state index is 12.8. The van der Waals surface area contributed by atoms with Crippen molar-refractivity contribution in [2.24, 2.45) is 5.92 Å². The monoisotopic (exact) mass is 483 g/mol. The lowest BCUT2D eigenvalue weighted by Gasteiger charge is -2.17. The van der Waals surface area contributed by atoms with Gasteiger partial charge >= 0.3 is 18.0 Å². The third-order valence-electron chi connectivity index (χ3n) is 4.89. The summed E-state index contributed by atoms with van der Waals surface area (Å²) >= 11 is 0. The Kier molecular flexibility index (Phi) is 5.41. The van der Waals surface area contributed by atoms with Gasteiger partial charge in [-0.3, -0.25) is 4.79 Å². The molecule has 0 amide bonds. The van der Waals surface area contributed by atoms with Crippen LogP contribution in [0.25, 0.3) is 33.3 Å². The molecule has 2 N–H and O–H groups in total. The summed E-state index contributed by atoms with van der Waals surface area (Å²) in [4.78, 5) is 14.5. The Balaban J connectivity index is 1.73. The number of fused-ring (bicyclic) bond motifs is 3. The van der Waals surface area contributed by atoms with Crippen LogP contribution >= 0.6 is 0 Å². The molecule has 174 valence electrons. The molecule has 33 heavy (non-hydrogen) atoms. The van der Waals surface area contributed by atoms with Crippen molar-refractivity contribution >= 4 is 37.9 Å². The number of aromatic nitrogens is 2. The number of nitrogens with zero attached hydrogens (tertiary/aromatic N) is 2. The van der Waals surface area contributed by atoms with E-state index in [1.54, 1.807) is 13.8 Å². The van der Waals surface area contributed by atoms with Crippen LogP contribution in [0.2, 0.25) is 0 Å². The number of rotatable bonds is 6. The third-order valence-corrected chi connectivity index (χ3v) is 6.33. The van der Waals surface area contributed by atoms with Crippen LogP contribution in [0, 0.1) is 5.92 Å². The number of hydrogen-bond donors (Lipinski definition) is 2. The summed E-state index contributed by atoms with van der Waals surface area (Å²) in [5, 5.41) is 13.5. The fourth-order valence-corrected chi connectivity index (χ4v) is 4.59. The largest absolute Gasteiger partial charge is 0.480 e. The molecule has 0 saturated carbocycles. The molecule has 2 heterocycles. The fourth-order valence-electron chi connectivity index (χ4n) is 3.23. The van der Waals surface area contributed by atoms with Gasteiger partial charge in [0.15, 0.2) is 0 Å². The first-order valence-electron chi connectivity index (χ1n) is 9.49. The van der Waals surface area contributed by atoms with Crippen molar-refractivity contribution in [3.8, 4) is 11.4 Å². The molecule has 0 spiro atoms. The molecule has 0 aliphatic rings. The number of carbonyl (C=O) groups is 1. The summed E-state index contributed by atoms with van der Waals surface area (Å²) in [6.07, 6.45) is -4.78. The number of carboxylic acid groups (broad SMARTS) is 1. The first-order chi connectivity index (χ1) is 15.4. The van der Waals surface area contributed by atoms with E-state index in [0.29, 0.717) is 16.4 Å². The van der Waals surface area contributed by atoms with Crippen LogP contribution in [0.15, 0.2) is 50.2 Å². The number of hydrogen-bond acceptors (Lipinski definition) is 7. The van der Waals surface area contributed by atoms with Crippen LogP contribution in [0.4, 0.5) is 13.2 Å². The molecule has 9 nitrogen and oxygen atoms in total. The summed E-state index contributed by atoms with van der Waals surface area (Å²) in [7, 11) is -4.16. The third kappa shape index (κ3) is 4.28. The lowest BCUT2D eigenvalue weighted by molar-refractivity contribution is -0.159. The van der Waals surface area contributed by atoms with E-state index in [0.717, 1.165) is 0 Å². The van der Waals surface area contributed by atoms with E-state index in [1.165, 1.54) is 36.4 Å². The quantitative estimate of drug-likeness (QED) is 0.419. The van der Waals surface area contributed by atoms with Gasteiger partial charge in [-0.05, 0) is 36.2 Å². The lowest BCUT2D eigenvalue weighted by Crippen LogP contribution is -2.44. The van der Waals surface area contributed by atoms with Gasteiger partial charge in [-0.1, -0.05) is 25.1 Å². The Morgan fingerprint density at radius 1 is 1.09 bits per heavy atom. The number of halogens is 3. The molecule has 4 rings (SSSR count). The summed E-state index contributed by atoms with van der Waals surface area (Å²) in [5.41, 5.74) is 0.786. The van der Waals surface area contributed by atoms with E-state index in [2.05, 4.69) is 19.4 Å². The SMILES string of the molecule is CC(C)[C@@H](NS(=O)(=O)c1ccc2oc3cc(-c4noc(C(F)(F)F)n4)ccc3c2c1)C(=O)O. The van der Waals surface area contributed by atoms with Crippen molar-refractivity contribution in [3.63, 3.8) is 0 Å². The zero-order valence-electron chi connectivity index (χ0n) is 17.0. The minimum atomic E-state index is -4.78. The molecule has 0 fully saturated rings. The van der Waals surface area contributed by atoms with E-state index in [1.807, 2.05) is 0 Å². The second-order valence-corrected chi connectivity index (χ2v) is 9.29. The summed E-state index contributed by atoms with van der Waals surface area (Å²) in [5.74, 6) is -3.56. The highest BCUT2D eigenvalue weighted by Crippen LogP contribution is 2.34. The first kappa shape index (κ1) is 22.7. The number of alkyl halides is 3. The predicted molar refractivity (Wildman–Crippen MR) is 109 cm³/mol. The molecule has 0 radical (unpaired) electrons. The highest BCUT2D eigenvalue weighted by molar-refractivity contribution is 7.89.